The van der Waals surface area contributed by atoms with E-state index in [4.69, 9.17) is 0 Å². The first kappa shape index (κ1) is 13.8. The molecule has 0 spiro atoms. The van der Waals surface area contributed by atoms with E-state index in [9.17, 15) is 8.78 Å². The summed E-state index contributed by atoms with van der Waals surface area (Å²) < 4.78 is 26.5. The second kappa shape index (κ2) is 6.53. The zero-order valence-electron chi connectivity index (χ0n) is 10.6. The van der Waals surface area contributed by atoms with E-state index in [1.165, 1.54) is 6.07 Å². The van der Waals surface area contributed by atoms with Crippen LogP contribution < -0.4 is 5.32 Å². The highest BCUT2D eigenvalue weighted by molar-refractivity contribution is 7.99. The van der Waals surface area contributed by atoms with Crippen LogP contribution in [0.4, 0.5) is 8.78 Å². The fourth-order valence-corrected chi connectivity index (χ4v) is 3.76. The van der Waals surface area contributed by atoms with Gasteiger partial charge in [-0.05, 0) is 42.7 Å². The summed E-state index contributed by atoms with van der Waals surface area (Å²) in [5.74, 6) is 1.67. The summed E-state index contributed by atoms with van der Waals surface area (Å²) in [5.41, 5.74) is 0.632. The van der Waals surface area contributed by atoms with Crippen LogP contribution in [0, 0.1) is 17.6 Å². The third kappa shape index (κ3) is 3.45. The first-order valence-electron chi connectivity index (χ1n) is 6.45. The molecule has 2 unspecified atom stereocenters. The number of rotatable bonds is 5. The Morgan fingerprint density at radius 2 is 2.17 bits per heavy atom. The van der Waals surface area contributed by atoms with Crippen molar-refractivity contribution in [3.05, 3.63) is 35.4 Å². The van der Waals surface area contributed by atoms with E-state index in [0.717, 1.165) is 30.5 Å². The maximum absolute atomic E-state index is 13.6. The number of thioether (sulfide) groups is 1. The molecule has 1 aromatic carbocycles. The predicted octanol–water partition coefficient (Wildman–Crippen LogP) is 3.24. The molecule has 2 rings (SSSR count). The molecule has 1 aliphatic heterocycles. The number of nitrogens with one attached hydrogen (secondary N) is 1. The molecule has 0 saturated carbocycles. The summed E-state index contributed by atoms with van der Waals surface area (Å²) >= 11 is 1.91. The van der Waals surface area contributed by atoms with Crippen LogP contribution in [0.2, 0.25) is 0 Å². The standard InChI is InChI=1S/C14H19F2NS/c1-2-5-17-14-9-18-8-11(14)6-10-3-4-12(15)7-13(10)16/h3-4,7,11,14,17H,2,5-6,8-9H2,1H3. The molecule has 4 heteroatoms. The predicted molar refractivity (Wildman–Crippen MR) is 73.0 cm³/mol. The van der Waals surface area contributed by atoms with Crippen molar-refractivity contribution in [2.75, 3.05) is 18.1 Å². The van der Waals surface area contributed by atoms with E-state index in [2.05, 4.69) is 12.2 Å². The molecule has 0 bridgehead atoms. The third-order valence-corrected chi connectivity index (χ3v) is 4.61. The van der Waals surface area contributed by atoms with Crippen LogP contribution in [0.15, 0.2) is 18.2 Å². The Morgan fingerprint density at radius 3 is 2.89 bits per heavy atom. The fourth-order valence-electron chi connectivity index (χ4n) is 2.32. The minimum atomic E-state index is -0.502. The third-order valence-electron chi connectivity index (χ3n) is 3.35. The maximum atomic E-state index is 13.6. The molecule has 1 N–H and O–H groups in total. The van der Waals surface area contributed by atoms with Crippen molar-refractivity contribution < 1.29 is 8.78 Å². The zero-order valence-corrected chi connectivity index (χ0v) is 11.4. The highest BCUT2D eigenvalue weighted by atomic mass is 32.2. The fraction of sp³-hybridized carbons (Fsp3) is 0.571. The molecule has 1 heterocycles. The van der Waals surface area contributed by atoms with E-state index >= 15 is 0 Å². The van der Waals surface area contributed by atoms with Gasteiger partial charge in [0.1, 0.15) is 11.6 Å². The van der Waals surface area contributed by atoms with Crippen molar-refractivity contribution in [1.29, 1.82) is 0 Å². The lowest BCUT2D eigenvalue weighted by Crippen LogP contribution is -2.36. The van der Waals surface area contributed by atoms with Gasteiger partial charge >= 0.3 is 0 Å². The monoisotopic (exact) mass is 271 g/mol. The molecule has 0 aliphatic carbocycles. The second-order valence-electron chi connectivity index (χ2n) is 4.80. The summed E-state index contributed by atoms with van der Waals surface area (Å²) in [6.45, 7) is 3.15. The van der Waals surface area contributed by atoms with Gasteiger partial charge in [0.05, 0.1) is 0 Å². The topological polar surface area (TPSA) is 12.0 Å². The van der Waals surface area contributed by atoms with Gasteiger partial charge in [0.25, 0.3) is 0 Å². The van der Waals surface area contributed by atoms with Gasteiger partial charge in [0.15, 0.2) is 0 Å². The van der Waals surface area contributed by atoms with E-state index in [0.29, 0.717) is 23.9 Å². The van der Waals surface area contributed by atoms with Crippen LogP contribution in [0.25, 0.3) is 0 Å². The van der Waals surface area contributed by atoms with Crippen LogP contribution >= 0.6 is 11.8 Å². The quantitative estimate of drug-likeness (QED) is 0.882. The molecule has 2 atom stereocenters. The van der Waals surface area contributed by atoms with E-state index in [-0.39, 0.29) is 0 Å². The summed E-state index contributed by atoms with van der Waals surface area (Å²) in [6, 6.07) is 4.35. The SMILES string of the molecule is CCCNC1CSCC1Cc1ccc(F)cc1F. The van der Waals surface area contributed by atoms with Crippen LogP contribution in [-0.2, 0) is 6.42 Å². The highest BCUT2D eigenvalue weighted by Crippen LogP contribution is 2.28. The molecule has 0 aromatic heterocycles. The van der Waals surface area contributed by atoms with Gasteiger partial charge in [0, 0.05) is 17.9 Å². The Labute approximate surface area is 111 Å². The number of hydrogen-bond donors (Lipinski definition) is 1. The minimum Gasteiger partial charge on any atom is -0.313 e. The van der Waals surface area contributed by atoms with Crippen molar-refractivity contribution in [2.45, 2.75) is 25.8 Å². The first-order chi connectivity index (χ1) is 8.70. The van der Waals surface area contributed by atoms with Gasteiger partial charge in [0.2, 0.25) is 0 Å². The molecule has 1 nitrogen and oxygen atoms in total. The van der Waals surface area contributed by atoms with Crippen LogP contribution in [0.5, 0.6) is 0 Å². The average Bonchev–Trinajstić information content (AvgIpc) is 2.77. The lowest BCUT2D eigenvalue weighted by Gasteiger charge is -2.20. The Balaban J connectivity index is 1.99. The van der Waals surface area contributed by atoms with Crippen LogP contribution in [-0.4, -0.2) is 24.1 Å². The Morgan fingerprint density at radius 1 is 1.33 bits per heavy atom. The van der Waals surface area contributed by atoms with Gasteiger partial charge in [-0.1, -0.05) is 13.0 Å². The van der Waals surface area contributed by atoms with Crippen molar-refractivity contribution in [2.24, 2.45) is 5.92 Å². The normalized spacial score (nSPS) is 23.5. The van der Waals surface area contributed by atoms with Crippen molar-refractivity contribution in [1.82, 2.24) is 5.32 Å². The molecule has 0 radical (unpaired) electrons. The second-order valence-corrected chi connectivity index (χ2v) is 5.87. The molecule has 1 saturated heterocycles. The number of halogens is 2. The lowest BCUT2D eigenvalue weighted by atomic mass is 9.94. The molecule has 1 fully saturated rings. The first-order valence-corrected chi connectivity index (χ1v) is 7.61. The van der Waals surface area contributed by atoms with E-state index in [1.54, 1.807) is 6.07 Å². The van der Waals surface area contributed by atoms with Gasteiger partial charge in [-0.25, -0.2) is 8.78 Å². The van der Waals surface area contributed by atoms with Gasteiger partial charge in [-0.3, -0.25) is 0 Å². The largest absolute Gasteiger partial charge is 0.313 e. The molecular weight excluding hydrogens is 252 g/mol. The van der Waals surface area contributed by atoms with Crippen LogP contribution in [0.1, 0.15) is 18.9 Å². The molecule has 1 aromatic rings. The molecule has 18 heavy (non-hydrogen) atoms. The van der Waals surface area contributed by atoms with E-state index in [1.807, 2.05) is 11.8 Å². The zero-order chi connectivity index (χ0) is 13.0. The smallest absolute Gasteiger partial charge is 0.129 e. The van der Waals surface area contributed by atoms with Gasteiger partial charge in [-0.2, -0.15) is 11.8 Å². The van der Waals surface area contributed by atoms with Crippen molar-refractivity contribution >= 4 is 11.8 Å². The number of hydrogen-bond acceptors (Lipinski definition) is 2. The number of benzene rings is 1. The van der Waals surface area contributed by atoms with Crippen molar-refractivity contribution in [3.63, 3.8) is 0 Å². The lowest BCUT2D eigenvalue weighted by molar-refractivity contribution is 0.419. The van der Waals surface area contributed by atoms with Gasteiger partial charge < -0.3 is 5.32 Å². The summed E-state index contributed by atoms with van der Waals surface area (Å²) in [5, 5.41) is 3.52. The Bertz CT molecular complexity index is 397. The molecule has 100 valence electrons. The molecule has 0 amide bonds. The van der Waals surface area contributed by atoms with E-state index < -0.39 is 11.6 Å². The molecular formula is C14H19F2NS. The Hall–Kier alpha value is -0.610. The Kier molecular flexibility index (Phi) is 5.01. The minimum absolute atomic E-state index is 0.416. The molecule has 1 aliphatic rings. The summed E-state index contributed by atoms with van der Waals surface area (Å²) in [7, 11) is 0. The van der Waals surface area contributed by atoms with Crippen molar-refractivity contribution in [3.8, 4) is 0 Å². The highest BCUT2D eigenvalue weighted by Gasteiger charge is 2.27. The van der Waals surface area contributed by atoms with Crippen LogP contribution in [0.3, 0.4) is 0 Å². The average molecular weight is 271 g/mol. The maximum Gasteiger partial charge on any atom is 0.129 e. The van der Waals surface area contributed by atoms with Gasteiger partial charge in [-0.15, -0.1) is 0 Å². The summed E-state index contributed by atoms with van der Waals surface area (Å²) in [4.78, 5) is 0. The summed E-state index contributed by atoms with van der Waals surface area (Å²) in [6.07, 6.45) is 1.80.